The van der Waals surface area contributed by atoms with E-state index in [4.69, 9.17) is 0 Å². The van der Waals surface area contributed by atoms with Crippen molar-refractivity contribution in [2.45, 2.75) is 6.42 Å². The largest absolute Gasteiger partial charge is 0.311 e. The van der Waals surface area contributed by atoms with E-state index < -0.39 is 0 Å². The Morgan fingerprint density at radius 3 is 2.88 bits per heavy atom. The molecule has 0 bridgehead atoms. The zero-order valence-electron chi connectivity index (χ0n) is 8.92. The molecule has 82 valence electrons. The maximum atomic E-state index is 11.6. The number of hydrogen-bond donors (Lipinski definition) is 1. The van der Waals surface area contributed by atoms with Crippen LogP contribution in [0.5, 0.6) is 0 Å². The minimum absolute atomic E-state index is 0.0951. The molecule has 0 atom stereocenters. The van der Waals surface area contributed by atoms with E-state index in [1.54, 1.807) is 30.2 Å². The fraction of sp³-hybridized carbons (Fsp3) is 0.182. The first-order valence-corrected chi connectivity index (χ1v) is 4.93. The lowest BCUT2D eigenvalue weighted by atomic mass is 10.2. The van der Waals surface area contributed by atoms with Crippen LogP contribution < -0.4 is 5.32 Å². The zero-order chi connectivity index (χ0) is 11.4. The molecule has 16 heavy (non-hydrogen) atoms. The van der Waals surface area contributed by atoms with Gasteiger partial charge in [-0.1, -0.05) is 6.07 Å². The first-order chi connectivity index (χ1) is 7.75. The van der Waals surface area contributed by atoms with E-state index in [-0.39, 0.29) is 12.3 Å². The smallest absolute Gasteiger partial charge is 0.231 e. The molecule has 0 aliphatic heterocycles. The average Bonchev–Trinajstić information content (AvgIpc) is 2.66. The van der Waals surface area contributed by atoms with Gasteiger partial charge in [0.2, 0.25) is 5.91 Å². The van der Waals surface area contributed by atoms with Gasteiger partial charge in [0, 0.05) is 25.0 Å². The van der Waals surface area contributed by atoms with Crippen LogP contribution in [0, 0.1) is 0 Å². The quantitative estimate of drug-likeness (QED) is 0.832. The van der Waals surface area contributed by atoms with Crippen LogP contribution in [0.1, 0.15) is 5.69 Å². The van der Waals surface area contributed by atoms with Crippen molar-refractivity contribution in [3.63, 3.8) is 0 Å². The normalized spacial score (nSPS) is 10.1. The Hall–Kier alpha value is -2.17. The molecule has 1 amide bonds. The summed E-state index contributed by atoms with van der Waals surface area (Å²) in [4.78, 5) is 15.7. The van der Waals surface area contributed by atoms with E-state index in [9.17, 15) is 4.79 Å². The standard InChI is InChI=1S/C11H12N4O/c1-15-10(5-7-13-15)14-11(16)8-9-4-2-3-6-12-9/h2-7H,8H2,1H3,(H,14,16). The summed E-state index contributed by atoms with van der Waals surface area (Å²) in [6, 6.07) is 7.25. The second-order valence-corrected chi connectivity index (χ2v) is 3.39. The van der Waals surface area contributed by atoms with Gasteiger partial charge < -0.3 is 5.32 Å². The Kier molecular flexibility index (Phi) is 2.95. The number of rotatable bonds is 3. The Bertz CT molecular complexity index is 478. The molecule has 2 aromatic rings. The fourth-order valence-electron chi connectivity index (χ4n) is 1.35. The van der Waals surface area contributed by atoms with Crippen molar-refractivity contribution in [3.05, 3.63) is 42.4 Å². The molecule has 0 radical (unpaired) electrons. The van der Waals surface area contributed by atoms with Crippen molar-refractivity contribution >= 4 is 11.7 Å². The van der Waals surface area contributed by atoms with Crippen LogP contribution in [0.25, 0.3) is 0 Å². The molecule has 0 aromatic carbocycles. The van der Waals surface area contributed by atoms with Crippen LogP contribution in [0.2, 0.25) is 0 Å². The molecular weight excluding hydrogens is 204 g/mol. The number of nitrogens with one attached hydrogen (secondary N) is 1. The third-order valence-corrected chi connectivity index (χ3v) is 2.16. The molecule has 0 spiro atoms. The van der Waals surface area contributed by atoms with Gasteiger partial charge in [-0.3, -0.25) is 14.5 Å². The monoisotopic (exact) mass is 216 g/mol. The summed E-state index contributed by atoms with van der Waals surface area (Å²) in [5.41, 5.74) is 0.752. The van der Waals surface area contributed by atoms with Crippen molar-refractivity contribution in [2.24, 2.45) is 7.05 Å². The Balaban J connectivity index is 1.98. The minimum Gasteiger partial charge on any atom is -0.311 e. The van der Waals surface area contributed by atoms with Crippen molar-refractivity contribution in [1.82, 2.24) is 14.8 Å². The number of carbonyl (C=O) groups is 1. The topological polar surface area (TPSA) is 59.8 Å². The van der Waals surface area contributed by atoms with E-state index in [0.29, 0.717) is 5.82 Å². The van der Waals surface area contributed by atoms with Gasteiger partial charge in [-0.05, 0) is 12.1 Å². The summed E-state index contributed by atoms with van der Waals surface area (Å²) < 4.78 is 1.61. The lowest BCUT2D eigenvalue weighted by Crippen LogP contribution is -2.17. The molecule has 0 fully saturated rings. The van der Waals surface area contributed by atoms with E-state index >= 15 is 0 Å². The van der Waals surface area contributed by atoms with Crippen molar-refractivity contribution in [3.8, 4) is 0 Å². The maximum Gasteiger partial charge on any atom is 0.231 e. The van der Waals surface area contributed by atoms with Gasteiger partial charge in [-0.2, -0.15) is 5.10 Å². The number of nitrogens with zero attached hydrogens (tertiary/aromatic N) is 3. The van der Waals surface area contributed by atoms with E-state index in [1.165, 1.54) is 0 Å². The van der Waals surface area contributed by atoms with Gasteiger partial charge in [0.05, 0.1) is 12.6 Å². The summed E-state index contributed by atoms with van der Waals surface area (Å²) in [5, 5.41) is 6.72. The number of amides is 1. The van der Waals surface area contributed by atoms with Crippen molar-refractivity contribution in [1.29, 1.82) is 0 Å². The van der Waals surface area contributed by atoms with Gasteiger partial charge in [-0.25, -0.2) is 0 Å². The van der Waals surface area contributed by atoms with Crippen LogP contribution in [-0.2, 0) is 18.3 Å². The highest BCUT2D eigenvalue weighted by Gasteiger charge is 2.06. The number of carbonyl (C=O) groups excluding carboxylic acids is 1. The van der Waals surface area contributed by atoms with Gasteiger partial charge in [-0.15, -0.1) is 0 Å². The molecule has 0 saturated carbocycles. The minimum atomic E-state index is -0.0951. The predicted molar refractivity (Wildman–Crippen MR) is 59.8 cm³/mol. The first-order valence-electron chi connectivity index (χ1n) is 4.93. The molecule has 0 unspecified atom stereocenters. The number of hydrogen-bond acceptors (Lipinski definition) is 3. The third kappa shape index (κ3) is 2.44. The average molecular weight is 216 g/mol. The second kappa shape index (κ2) is 4.57. The predicted octanol–water partition coefficient (Wildman–Crippen LogP) is 0.996. The molecule has 2 heterocycles. The number of aryl methyl sites for hydroxylation is 1. The molecule has 1 N–H and O–H groups in total. The maximum absolute atomic E-state index is 11.6. The van der Waals surface area contributed by atoms with Gasteiger partial charge in [0.1, 0.15) is 5.82 Å². The van der Waals surface area contributed by atoms with Gasteiger partial charge in [0.15, 0.2) is 0 Å². The lowest BCUT2D eigenvalue weighted by Gasteiger charge is -2.04. The van der Waals surface area contributed by atoms with Crippen LogP contribution in [0.3, 0.4) is 0 Å². The lowest BCUT2D eigenvalue weighted by molar-refractivity contribution is -0.115. The zero-order valence-corrected chi connectivity index (χ0v) is 8.92. The van der Waals surface area contributed by atoms with Crippen LogP contribution in [0.4, 0.5) is 5.82 Å². The van der Waals surface area contributed by atoms with E-state index in [2.05, 4.69) is 15.4 Å². The first kappa shape index (κ1) is 10.4. The second-order valence-electron chi connectivity index (χ2n) is 3.39. The molecular formula is C11H12N4O. The Morgan fingerprint density at radius 1 is 1.38 bits per heavy atom. The number of aromatic nitrogens is 3. The molecule has 2 rings (SSSR count). The van der Waals surface area contributed by atoms with Crippen molar-refractivity contribution < 1.29 is 4.79 Å². The van der Waals surface area contributed by atoms with Crippen LogP contribution in [0.15, 0.2) is 36.7 Å². The molecule has 5 nitrogen and oxygen atoms in total. The summed E-state index contributed by atoms with van der Waals surface area (Å²) in [6.07, 6.45) is 3.58. The third-order valence-electron chi connectivity index (χ3n) is 2.16. The summed E-state index contributed by atoms with van der Waals surface area (Å²) in [5.74, 6) is 0.586. The van der Waals surface area contributed by atoms with Gasteiger partial charge >= 0.3 is 0 Å². The van der Waals surface area contributed by atoms with E-state index in [0.717, 1.165) is 5.69 Å². The number of pyridine rings is 1. The fourth-order valence-corrected chi connectivity index (χ4v) is 1.35. The van der Waals surface area contributed by atoms with Crippen LogP contribution in [-0.4, -0.2) is 20.7 Å². The highest BCUT2D eigenvalue weighted by atomic mass is 16.1. The molecule has 0 aliphatic carbocycles. The van der Waals surface area contributed by atoms with Crippen LogP contribution >= 0.6 is 0 Å². The Morgan fingerprint density at radius 2 is 2.25 bits per heavy atom. The SMILES string of the molecule is Cn1nccc1NC(=O)Cc1ccccn1. The highest BCUT2D eigenvalue weighted by Crippen LogP contribution is 2.04. The van der Waals surface area contributed by atoms with Gasteiger partial charge in [0.25, 0.3) is 0 Å². The molecule has 0 aliphatic rings. The molecule has 2 aromatic heterocycles. The summed E-state index contributed by atoms with van der Waals surface area (Å²) >= 11 is 0. The molecule has 0 saturated heterocycles. The van der Waals surface area contributed by atoms with E-state index in [1.807, 2.05) is 18.2 Å². The number of anilines is 1. The summed E-state index contributed by atoms with van der Waals surface area (Å²) in [6.45, 7) is 0. The van der Waals surface area contributed by atoms with Crippen molar-refractivity contribution in [2.75, 3.05) is 5.32 Å². The Labute approximate surface area is 93.1 Å². The summed E-state index contributed by atoms with van der Waals surface area (Å²) in [7, 11) is 1.77. The molecule has 5 heteroatoms. The highest BCUT2D eigenvalue weighted by molar-refractivity contribution is 5.91.